The number of nitrogens with zero attached hydrogens (tertiary/aromatic N) is 1. The van der Waals surface area contributed by atoms with Gasteiger partial charge in [-0.25, -0.2) is 4.39 Å². The molecule has 1 amide bonds. The number of nitriles is 1. The first-order chi connectivity index (χ1) is 17.1. The van der Waals surface area contributed by atoms with Crippen molar-refractivity contribution in [1.82, 2.24) is 0 Å². The Balaban J connectivity index is 1.56. The summed E-state index contributed by atoms with van der Waals surface area (Å²) in [7, 11) is 0. The molecule has 2 aromatic carbocycles. The van der Waals surface area contributed by atoms with Crippen molar-refractivity contribution in [2.45, 2.75) is 31.4 Å². The number of carbonyl (C=O) groups is 2. The van der Waals surface area contributed by atoms with E-state index in [4.69, 9.17) is 0 Å². The SMILES string of the molecule is N#Cc1cscc1-c1ccc([C@H]2CCC[C@@H](C(=O)Nc3ccc(C(F)(F)F)cc3F)[C@@H]2C(=O)O)cc1. The Morgan fingerprint density at radius 3 is 2.42 bits per heavy atom. The van der Waals surface area contributed by atoms with Gasteiger partial charge in [0.15, 0.2) is 0 Å². The van der Waals surface area contributed by atoms with Gasteiger partial charge in [-0.2, -0.15) is 29.8 Å². The number of nitrogens with one attached hydrogen (secondary N) is 1. The van der Waals surface area contributed by atoms with Crippen LogP contribution < -0.4 is 5.32 Å². The molecule has 0 aliphatic heterocycles. The van der Waals surface area contributed by atoms with E-state index in [1.54, 1.807) is 29.6 Å². The van der Waals surface area contributed by atoms with Crippen molar-refractivity contribution < 1.29 is 32.3 Å². The third-order valence-corrected chi connectivity index (χ3v) is 7.25. The molecule has 3 aromatic rings. The van der Waals surface area contributed by atoms with E-state index < -0.39 is 52.9 Å². The van der Waals surface area contributed by atoms with Gasteiger partial charge in [0.1, 0.15) is 11.9 Å². The Kier molecular flexibility index (Phi) is 7.13. The van der Waals surface area contributed by atoms with Crippen LogP contribution in [0.4, 0.5) is 23.2 Å². The summed E-state index contributed by atoms with van der Waals surface area (Å²) < 4.78 is 52.7. The minimum atomic E-state index is -4.73. The lowest BCUT2D eigenvalue weighted by molar-refractivity contribution is -0.148. The highest BCUT2D eigenvalue weighted by Crippen LogP contribution is 2.43. The average Bonchev–Trinajstić information content (AvgIpc) is 3.33. The third-order valence-electron chi connectivity index (χ3n) is 6.51. The van der Waals surface area contributed by atoms with Crippen LogP contribution in [-0.2, 0) is 15.8 Å². The fourth-order valence-electron chi connectivity index (χ4n) is 4.74. The predicted molar refractivity (Wildman–Crippen MR) is 126 cm³/mol. The number of alkyl halides is 3. The Bertz CT molecular complexity index is 1330. The maximum absolute atomic E-state index is 14.3. The molecule has 2 N–H and O–H groups in total. The fourth-order valence-corrected chi connectivity index (χ4v) is 5.53. The zero-order valence-electron chi connectivity index (χ0n) is 18.7. The molecular formula is C26H20F4N2O3S. The second-order valence-corrected chi connectivity index (χ2v) is 9.37. The van der Waals surface area contributed by atoms with E-state index in [2.05, 4.69) is 11.4 Å². The van der Waals surface area contributed by atoms with Crippen molar-refractivity contribution in [3.05, 3.63) is 75.7 Å². The zero-order chi connectivity index (χ0) is 26.0. The average molecular weight is 517 g/mol. The summed E-state index contributed by atoms with van der Waals surface area (Å²) in [4.78, 5) is 25.2. The maximum Gasteiger partial charge on any atom is 0.416 e. The number of carboxylic acid groups (broad SMARTS) is 1. The summed E-state index contributed by atoms with van der Waals surface area (Å²) in [6, 6.07) is 11.1. The second kappa shape index (κ2) is 10.1. The number of benzene rings is 2. The molecule has 0 radical (unpaired) electrons. The van der Waals surface area contributed by atoms with E-state index in [0.717, 1.165) is 22.8 Å². The maximum atomic E-state index is 14.3. The summed E-state index contributed by atoms with van der Waals surface area (Å²) in [6.07, 6.45) is -3.41. The minimum Gasteiger partial charge on any atom is -0.481 e. The number of carbonyl (C=O) groups excluding carboxylic acids is 1. The zero-order valence-corrected chi connectivity index (χ0v) is 19.5. The summed E-state index contributed by atoms with van der Waals surface area (Å²) in [6.45, 7) is 0. The number of rotatable bonds is 5. The first-order valence-corrected chi connectivity index (χ1v) is 12.0. The number of carboxylic acids is 1. The van der Waals surface area contributed by atoms with Crippen molar-refractivity contribution in [3.8, 4) is 17.2 Å². The lowest BCUT2D eigenvalue weighted by atomic mass is 9.69. The van der Waals surface area contributed by atoms with Gasteiger partial charge < -0.3 is 10.4 Å². The van der Waals surface area contributed by atoms with E-state index in [1.807, 2.05) is 5.38 Å². The lowest BCUT2D eigenvalue weighted by Crippen LogP contribution is -2.40. The van der Waals surface area contributed by atoms with Crippen LogP contribution in [0.1, 0.15) is 41.9 Å². The van der Waals surface area contributed by atoms with Gasteiger partial charge in [-0.1, -0.05) is 30.7 Å². The van der Waals surface area contributed by atoms with E-state index >= 15 is 0 Å². The van der Waals surface area contributed by atoms with E-state index in [9.17, 15) is 37.5 Å². The molecule has 10 heteroatoms. The van der Waals surface area contributed by atoms with Crippen LogP contribution in [0.15, 0.2) is 53.2 Å². The molecule has 4 rings (SSSR count). The van der Waals surface area contributed by atoms with Crippen molar-refractivity contribution in [3.63, 3.8) is 0 Å². The molecule has 1 aromatic heterocycles. The van der Waals surface area contributed by atoms with Crippen LogP contribution in [0.3, 0.4) is 0 Å². The predicted octanol–water partition coefficient (Wildman–Crippen LogP) is 6.67. The van der Waals surface area contributed by atoms with Crippen LogP contribution in [-0.4, -0.2) is 17.0 Å². The molecule has 5 nitrogen and oxygen atoms in total. The summed E-state index contributed by atoms with van der Waals surface area (Å²) in [5.74, 6) is -5.77. The number of anilines is 1. The van der Waals surface area contributed by atoms with Gasteiger partial charge in [0, 0.05) is 10.9 Å². The molecule has 0 spiro atoms. The van der Waals surface area contributed by atoms with Gasteiger partial charge in [-0.15, -0.1) is 0 Å². The monoisotopic (exact) mass is 516 g/mol. The first kappa shape index (κ1) is 25.4. The molecule has 3 atom stereocenters. The normalized spacial score (nSPS) is 19.9. The van der Waals surface area contributed by atoms with Crippen LogP contribution in [0.5, 0.6) is 0 Å². The van der Waals surface area contributed by atoms with Crippen molar-refractivity contribution >= 4 is 28.9 Å². The smallest absolute Gasteiger partial charge is 0.416 e. The molecule has 1 saturated carbocycles. The number of amides is 1. The molecule has 0 unspecified atom stereocenters. The molecule has 36 heavy (non-hydrogen) atoms. The summed E-state index contributed by atoms with van der Waals surface area (Å²) >= 11 is 1.40. The Morgan fingerprint density at radius 2 is 1.81 bits per heavy atom. The fraction of sp³-hybridized carbons (Fsp3) is 0.269. The molecule has 0 saturated heterocycles. The highest BCUT2D eigenvalue weighted by Gasteiger charge is 2.43. The topological polar surface area (TPSA) is 90.2 Å². The molecule has 0 bridgehead atoms. The number of halogens is 4. The lowest BCUT2D eigenvalue weighted by Gasteiger charge is -2.35. The first-order valence-electron chi connectivity index (χ1n) is 11.1. The molecule has 1 fully saturated rings. The molecule has 1 aliphatic rings. The Hall–Kier alpha value is -3.71. The van der Waals surface area contributed by atoms with Crippen molar-refractivity contribution in [2.75, 3.05) is 5.32 Å². The number of thiophene rings is 1. The molecule has 1 heterocycles. The van der Waals surface area contributed by atoms with Gasteiger partial charge in [0.25, 0.3) is 0 Å². The van der Waals surface area contributed by atoms with Gasteiger partial charge in [-0.3, -0.25) is 9.59 Å². The van der Waals surface area contributed by atoms with Crippen LogP contribution in [0.2, 0.25) is 0 Å². The molecule has 1 aliphatic carbocycles. The minimum absolute atomic E-state index is 0.250. The van der Waals surface area contributed by atoms with Gasteiger partial charge in [0.05, 0.1) is 28.7 Å². The highest BCUT2D eigenvalue weighted by molar-refractivity contribution is 7.08. The number of hydrogen-bond acceptors (Lipinski definition) is 4. The van der Waals surface area contributed by atoms with Crippen LogP contribution in [0, 0.1) is 29.0 Å². The highest BCUT2D eigenvalue weighted by atomic mass is 32.1. The van der Waals surface area contributed by atoms with Gasteiger partial charge in [0.2, 0.25) is 5.91 Å². The standard InChI is InChI=1S/C26H20F4N2O3S/c27-21-10-17(26(28,29)30)8-9-22(21)32-24(33)19-3-1-2-18(23(19)25(34)35)14-4-6-15(7-5-14)20-13-36-12-16(20)11-31/h4-10,12-13,18-19,23H,1-3H2,(H,32,33)(H,34,35)/t18-,19-,23-/m1/s1. The van der Waals surface area contributed by atoms with E-state index in [1.165, 1.54) is 11.3 Å². The Labute approximate surface area is 208 Å². The second-order valence-electron chi connectivity index (χ2n) is 8.62. The molecule has 186 valence electrons. The quantitative estimate of drug-likeness (QED) is 0.371. The van der Waals surface area contributed by atoms with E-state index in [-0.39, 0.29) is 6.42 Å². The Morgan fingerprint density at radius 1 is 1.08 bits per heavy atom. The van der Waals surface area contributed by atoms with Crippen molar-refractivity contribution in [1.29, 1.82) is 5.26 Å². The van der Waals surface area contributed by atoms with Crippen molar-refractivity contribution in [2.24, 2.45) is 11.8 Å². The largest absolute Gasteiger partial charge is 0.481 e. The number of hydrogen-bond donors (Lipinski definition) is 2. The van der Waals surface area contributed by atoms with Crippen LogP contribution in [0.25, 0.3) is 11.1 Å². The van der Waals surface area contributed by atoms with Gasteiger partial charge >= 0.3 is 12.1 Å². The molecular weight excluding hydrogens is 496 g/mol. The van der Waals surface area contributed by atoms with Gasteiger partial charge in [-0.05, 0) is 53.5 Å². The van der Waals surface area contributed by atoms with E-state index in [0.29, 0.717) is 30.5 Å². The summed E-state index contributed by atoms with van der Waals surface area (Å²) in [5.41, 5.74) is 1.23. The third kappa shape index (κ3) is 5.11. The number of aliphatic carboxylic acids is 1. The van der Waals surface area contributed by atoms with Crippen LogP contribution >= 0.6 is 11.3 Å². The summed E-state index contributed by atoms with van der Waals surface area (Å²) in [5, 5.41) is 25.1.